The SMILES string of the molecule is CC(=O)c1ccc(C(=O)c2ccc(Oc3ccc(C(=O)c4ccc(O)cc4)cc3)cc2)cc1.Cc1ccc(C)cc1. The fourth-order valence-corrected chi connectivity index (χ4v) is 3.92. The Morgan fingerprint density at radius 3 is 1.10 bits per heavy atom. The largest absolute Gasteiger partial charge is 0.508 e. The molecule has 0 fully saturated rings. The monoisotopic (exact) mass is 542 g/mol. The first-order chi connectivity index (χ1) is 19.7. The summed E-state index contributed by atoms with van der Waals surface area (Å²) in [4.78, 5) is 36.6. The summed E-state index contributed by atoms with van der Waals surface area (Å²) >= 11 is 0. The van der Waals surface area contributed by atoms with Gasteiger partial charge in [-0.1, -0.05) is 59.7 Å². The van der Waals surface area contributed by atoms with Crippen molar-refractivity contribution in [3.05, 3.63) is 160 Å². The van der Waals surface area contributed by atoms with Crippen LogP contribution >= 0.6 is 0 Å². The number of rotatable bonds is 7. The van der Waals surface area contributed by atoms with Gasteiger partial charge < -0.3 is 9.84 Å². The summed E-state index contributed by atoms with van der Waals surface area (Å²) in [6.45, 7) is 5.68. The zero-order valence-electron chi connectivity index (χ0n) is 23.1. The number of Topliss-reactive ketones (excluding diaryl/α,β-unsaturated/α-hetero) is 1. The fourth-order valence-electron chi connectivity index (χ4n) is 3.92. The predicted octanol–water partition coefficient (Wildman–Crippen LogP) is 8.15. The molecule has 0 aliphatic rings. The van der Waals surface area contributed by atoms with Gasteiger partial charge >= 0.3 is 0 Å². The molecule has 0 heterocycles. The first-order valence-electron chi connectivity index (χ1n) is 13.1. The predicted molar refractivity (Wildman–Crippen MR) is 160 cm³/mol. The van der Waals surface area contributed by atoms with Gasteiger partial charge in [0.2, 0.25) is 0 Å². The normalized spacial score (nSPS) is 10.2. The Bertz CT molecular complexity index is 1610. The number of benzene rings is 5. The van der Waals surface area contributed by atoms with Gasteiger partial charge in [-0.05, 0) is 93.6 Å². The highest BCUT2D eigenvalue weighted by Gasteiger charge is 2.12. The average Bonchev–Trinajstić information content (AvgIpc) is 2.99. The van der Waals surface area contributed by atoms with Crippen molar-refractivity contribution < 1.29 is 24.2 Å². The van der Waals surface area contributed by atoms with Crippen LogP contribution in [0.25, 0.3) is 0 Å². The van der Waals surface area contributed by atoms with E-state index in [0.717, 1.165) is 0 Å². The van der Waals surface area contributed by atoms with Crippen LogP contribution in [0.5, 0.6) is 17.2 Å². The molecule has 0 radical (unpaired) electrons. The van der Waals surface area contributed by atoms with Gasteiger partial charge in [0.05, 0.1) is 0 Å². The molecule has 41 heavy (non-hydrogen) atoms. The van der Waals surface area contributed by atoms with Gasteiger partial charge in [-0.2, -0.15) is 0 Å². The highest BCUT2D eigenvalue weighted by molar-refractivity contribution is 6.10. The van der Waals surface area contributed by atoms with E-state index in [1.807, 2.05) is 0 Å². The Balaban J connectivity index is 0.000000417. The van der Waals surface area contributed by atoms with Crippen LogP contribution < -0.4 is 4.74 Å². The number of ketones is 3. The molecule has 1 N–H and O–H groups in total. The third-order valence-electron chi connectivity index (χ3n) is 6.37. The molecule has 5 aromatic carbocycles. The average molecular weight is 543 g/mol. The summed E-state index contributed by atoms with van der Waals surface area (Å²) in [6.07, 6.45) is 0. The molecule has 204 valence electrons. The lowest BCUT2D eigenvalue weighted by Gasteiger charge is -2.08. The van der Waals surface area contributed by atoms with Crippen LogP contribution in [-0.2, 0) is 0 Å². The molecule has 0 amide bonds. The van der Waals surface area contributed by atoms with Gasteiger partial charge in [0.25, 0.3) is 0 Å². The molecule has 5 nitrogen and oxygen atoms in total. The van der Waals surface area contributed by atoms with E-state index in [9.17, 15) is 19.5 Å². The highest BCUT2D eigenvalue weighted by atomic mass is 16.5. The first-order valence-corrected chi connectivity index (χ1v) is 13.1. The summed E-state index contributed by atoms with van der Waals surface area (Å²) in [5, 5.41) is 9.36. The molecular formula is C36H30O5. The van der Waals surface area contributed by atoms with Crippen molar-refractivity contribution in [3.8, 4) is 17.2 Å². The van der Waals surface area contributed by atoms with E-state index in [0.29, 0.717) is 39.3 Å². The van der Waals surface area contributed by atoms with Crippen LogP contribution in [0, 0.1) is 13.8 Å². The van der Waals surface area contributed by atoms with Gasteiger partial charge in [0, 0.05) is 27.8 Å². The van der Waals surface area contributed by atoms with Crippen LogP contribution in [0.3, 0.4) is 0 Å². The maximum Gasteiger partial charge on any atom is 0.193 e. The highest BCUT2D eigenvalue weighted by Crippen LogP contribution is 2.24. The molecule has 0 atom stereocenters. The minimum atomic E-state index is -0.152. The minimum Gasteiger partial charge on any atom is -0.508 e. The summed E-state index contributed by atoms with van der Waals surface area (Å²) < 4.78 is 5.82. The number of ether oxygens (including phenoxy) is 1. The van der Waals surface area contributed by atoms with E-state index in [-0.39, 0.29) is 23.1 Å². The van der Waals surface area contributed by atoms with E-state index in [4.69, 9.17) is 4.74 Å². The maximum absolute atomic E-state index is 12.7. The third kappa shape index (κ3) is 7.87. The van der Waals surface area contributed by atoms with Crippen LogP contribution in [0.1, 0.15) is 60.3 Å². The van der Waals surface area contributed by atoms with Crippen molar-refractivity contribution in [2.75, 3.05) is 0 Å². The van der Waals surface area contributed by atoms with Crippen LogP contribution in [-0.4, -0.2) is 22.5 Å². The van der Waals surface area contributed by atoms with E-state index in [2.05, 4.69) is 38.1 Å². The topological polar surface area (TPSA) is 80.7 Å². The van der Waals surface area contributed by atoms with Gasteiger partial charge in [-0.25, -0.2) is 0 Å². The Kier molecular flexibility index (Phi) is 9.23. The van der Waals surface area contributed by atoms with Crippen molar-refractivity contribution in [2.24, 2.45) is 0 Å². The number of aryl methyl sites for hydroxylation is 2. The number of hydrogen-bond donors (Lipinski definition) is 1. The molecule has 0 aliphatic heterocycles. The molecule has 0 saturated heterocycles. The maximum atomic E-state index is 12.7. The van der Waals surface area contributed by atoms with Crippen molar-refractivity contribution >= 4 is 17.3 Å². The lowest BCUT2D eigenvalue weighted by atomic mass is 10.0. The number of phenolic OH excluding ortho intramolecular Hbond substituents is 1. The number of hydrogen-bond acceptors (Lipinski definition) is 5. The van der Waals surface area contributed by atoms with E-state index in [1.165, 1.54) is 30.2 Å². The van der Waals surface area contributed by atoms with Crippen molar-refractivity contribution in [1.82, 2.24) is 0 Å². The fraction of sp³-hybridized carbons (Fsp3) is 0.0833. The van der Waals surface area contributed by atoms with Crippen LogP contribution in [0.4, 0.5) is 0 Å². The molecule has 5 aromatic rings. The van der Waals surface area contributed by atoms with Crippen LogP contribution in [0.2, 0.25) is 0 Å². The number of aromatic hydroxyl groups is 1. The second kappa shape index (κ2) is 13.2. The Labute approximate surface area is 239 Å². The number of carbonyl (C=O) groups is 3. The molecule has 0 aliphatic carbocycles. The Morgan fingerprint density at radius 1 is 0.463 bits per heavy atom. The molecule has 0 bridgehead atoms. The van der Waals surface area contributed by atoms with Crippen molar-refractivity contribution in [1.29, 1.82) is 0 Å². The molecular weight excluding hydrogens is 512 g/mol. The smallest absolute Gasteiger partial charge is 0.193 e. The molecule has 0 saturated carbocycles. The number of phenols is 1. The van der Waals surface area contributed by atoms with Gasteiger partial charge in [-0.15, -0.1) is 0 Å². The molecule has 0 spiro atoms. The van der Waals surface area contributed by atoms with Crippen molar-refractivity contribution in [3.63, 3.8) is 0 Å². The van der Waals surface area contributed by atoms with Crippen LogP contribution in [0.15, 0.2) is 121 Å². The minimum absolute atomic E-state index is 0.0479. The summed E-state index contributed by atoms with van der Waals surface area (Å²) in [7, 11) is 0. The second-order valence-corrected chi connectivity index (χ2v) is 9.64. The number of carbonyl (C=O) groups excluding carboxylic acids is 3. The molecule has 0 unspecified atom stereocenters. The van der Waals surface area contributed by atoms with Gasteiger partial charge in [0.15, 0.2) is 17.3 Å². The Morgan fingerprint density at radius 2 is 0.756 bits per heavy atom. The van der Waals surface area contributed by atoms with Gasteiger partial charge in [-0.3, -0.25) is 14.4 Å². The quantitative estimate of drug-likeness (QED) is 0.210. The van der Waals surface area contributed by atoms with E-state index in [1.54, 1.807) is 84.9 Å². The second-order valence-electron chi connectivity index (χ2n) is 9.64. The molecule has 5 heteroatoms. The zero-order valence-corrected chi connectivity index (χ0v) is 23.1. The summed E-state index contributed by atoms with van der Waals surface area (Å²) in [5.41, 5.74) is 5.22. The summed E-state index contributed by atoms with van der Waals surface area (Å²) in [6, 6.07) is 34.6. The lowest BCUT2D eigenvalue weighted by molar-refractivity contribution is 0.101. The first kappa shape index (κ1) is 28.7. The third-order valence-corrected chi connectivity index (χ3v) is 6.37. The lowest BCUT2D eigenvalue weighted by Crippen LogP contribution is -2.02. The summed E-state index contributed by atoms with van der Waals surface area (Å²) in [5.74, 6) is 0.865. The molecule has 5 rings (SSSR count). The zero-order chi connectivity index (χ0) is 29.4. The standard InChI is InChI=1S/C28H20O5.C8H10/c1-18(29)19-2-4-20(5-3-19)27(31)22-8-14-25(15-9-22)33-26-16-10-23(11-17-26)28(32)21-6-12-24(30)13-7-21;1-7-3-5-8(2)6-4-7/h2-17,30H,1H3;3-6H,1-2H3. The molecule has 0 aromatic heterocycles. The van der Waals surface area contributed by atoms with Crippen molar-refractivity contribution in [2.45, 2.75) is 20.8 Å². The van der Waals surface area contributed by atoms with E-state index >= 15 is 0 Å². The Hall–Kier alpha value is -5.29. The van der Waals surface area contributed by atoms with E-state index < -0.39 is 0 Å². The van der Waals surface area contributed by atoms with Gasteiger partial charge in [0.1, 0.15) is 17.2 Å².